The topological polar surface area (TPSA) is 66.4 Å². The minimum atomic E-state index is -0.915. The number of carbonyl (C=O) groups is 2. The lowest BCUT2D eigenvalue weighted by Gasteiger charge is -2.24. The first-order chi connectivity index (χ1) is 7.52. The molecule has 88 valence electrons. The third-order valence-corrected chi connectivity index (χ3v) is 2.82. The van der Waals surface area contributed by atoms with Gasteiger partial charge in [-0.25, -0.2) is 0 Å². The van der Waals surface area contributed by atoms with Gasteiger partial charge in [-0.15, -0.1) is 0 Å². The summed E-state index contributed by atoms with van der Waals surface area (Å²) in [7, 11) is 0. The van der Waals surface area contributed by atoms with E-state index in [-0.39, 0.29) is 5.91 Å². The zero-order valence-electron chi connectivity index (χ0n) is 8.78. The van der Waals surface area contributed by atoms with Gasteiger partial charge in [0.1, 0.15) is 0 Å². The highest BCUT2D eigenvalue weighted by Gasteiger charge is 2.33. The highest BCUT2D eigenvalue weighted by atomic mass is 79.9. The highest BCUT2D eigenvalue weighted by Crippen LogP contribution is 2.26. The number of hydrogen-bond acceptors (Lipinski definition) is 2. The second kappa shape index (κ2) is 5.84. The Morgan fingerprint density at radius 2 is 1.94 bits per heavy atom. The summed E-state index contributed by atoms with van der Waals surface area (Å²) in [5, 5.41) is 11.6. The number of nitrogens with one attached hydrogen (secondary N) is 1. The predicted octanol–water partition coefficient (Wildman–Crippen LogP) is 1.68. The van der Waals surface area contributed by atoms with Crippen molar-refractivity contribution in [1.82, 2.24) is 5.32 Å². The summed E-state index contributed by atoms with van der Waals surface area (Å²) in [4.78, 5) is 22.7. The van der Waals surface area contributed by atoms with Gasteiger partial charge < -0.3 is 10.4 Å². The standard InChI is InChI=1S/C11H14BrNO3/c1-7(12)6-13-10(14)8-4-2-3-5-9(8)11(15)16/h2-3,8-9H,1,4-6H2,(H,13,14)(H,15,16)/t8-,9+/m1/s1. The maximum absolute atomic E-state index is 11.7. The van der Waals surface area contributed by atoms with Crippen molar-refractivity contribution in [3.63, 3.8) is 0 Å². The van der Waals surface area contributed by atoms with E-state index in [1.165, 1.54) is 0 Å². The maximum atomic E-state index is 11.7. The molecule has 0 unspecified atom stereocenters. The number of carboxylic acid groups (broad SMARTS) is 1. The number of allylic oxidation sites excluding steroid dienone is 2. The fraction of sp³-hybridized carbons (Fsp3) is 0.455. The molecule has 0 saturated carbocycles. The predicted molar refractivity (Wildman–Crippen MR) is 64.1 cm³/mol. The van der Waals surface area contributed by atoms with E-state index < -0.39 is 17.8 Å². The first-order valence-corrected chi connectivity index (χ1v) is 5.80. The van der Waals surface area contributed by atoms with Gasteiger partial charge in [0.15, 0.2) is 0 Å². The third-order valence-electron chi connectivity index (χ3n) is 2.54. The molecular formula is C11H14BrNO3. The number of hydrogen-bond donors (Lipinski definition) is 2. The molecule has 0 aliphatic heterocycles. The Bertz CT molecular complexity index is 338. The summed E-state index contributed by atoms with van der Waals surface area (Å²) in [6, 6.07) is 0. The molecule has 1 aliphatic rings. The van der Waals surface area contributed by atoms with Crippen LogP contribution < -0.4 is 5.32 Å². The molecule has 0 radical (unpaired) electrons. The van der Waals surface area contributed by atoms with Crippen LogP contribution in [0.25, 0.3) is 0 Å². The zero-order chi connectivity index (χ0) is 12.1. The van der Waals surface area contributed by atoms with Crippen LogP contribution in [-0.2, 0) is 9.59 Å². The van der Waals surface area contributed by atoms with E-state index in [0.29, 0.717) is 23.9 Å². The first-order valence-electron chi connectivity index (χ1n) is 5.01. The normalized spacial score (nSPS) is 23.8. The molecule has 0 saturated heterocycles. The average Bonchev–Trinajstić information content (AvgIpc) is 2.25. The summed E-state index contributed by atoms with van der Waals surface area (Å²) in [6.07, 6.45) is 4.57. The van der Waals surface area contributed by atoms with Crippen molar-refractivity contribution in [3.05, 3.63) is 23.2 Å². The van der Waals surface area contributed by atoms with Gasteiger partial charge in [-0.2, -0.15) is 0 Å². The molecule has 2 atom stereocenters. The van der Waals surface area contributed by atoms with Gasteiger partial charge in [-0.3, -0.25) is 9.59 Å². The minimum absolute atomic E-state index is 0.225. The molecule has 0 heterocycles. The smallest absolute Gasteiger partial charge is 0.307 e. The summed E-state index contributed by atoms with van der Waals surface area (Å²) >= 11 is 3.13. The van der Waals surface area contributed by atoms with Crippen molar-refractivity contribution in [2.45, 2.75) is 12.8 Å². The van der Waals surface area contributed by atoms with Crippen LogP contribution in [-0.4, -0.2) is 23.5 Å². The number of rotatable bonds is 4. The van der Waals surface area contributed by atoms with Crippen molar-refractivity contribution >= 4 is 27.8 Å². The Labute approximate surface area is 103 Å². The highest BCUT2D eigenvalue weighted by molar-refractivity contribution is 9.11. The maximum Gasteiger partial charge on any atom is 0.307 e. The van der Waals surface area contributed by atoms with Gasteiger partial charge in [-0.05, 0) is 12.8 Å². The largest absolute Gasteiger partial charge is 0.481 e. The van der Waals surface area contributed by atoms with Crippen LogP contribution in [0.15, 0.2) is 23.2 Å². The summed E-state index contributed by atoms with van der Waals surface area (Å²) in [6.45, 7) is 3.92. The summed E-state index contributed by atoms with van der Waals surface area (Å²) in [5.41, 5.74) is 0. The SMILES string of the molecule is C=C(Br)CNC(=O)[C@@H]1CC=CC[C@@H]1C(=O)O. The van der Waals surface area contributed by atoms with Crippen molar-refractivity contribution in [2.24, 2.45) is 11.8 Å². The molecular weight excluding hydrogens is 274 g/mol. The van der Waals surface area contributed by atoms with Gasteiger partial charge in [0.05, 0.1) is 11.8 Å². The average molecular weight is 288 g/mol. The van der Waals surface area contributed by atoms with Crippen LogP contribution in [0.4, 0.5) is 0 Å². The third kappa shape index (κ3) is 3.48. The van der Waals surface area contributed by atoms with Crippen LogP contribution in [0, 0.1) is 11.8 Å². The van der Waals surface area contributed by atoms with E-state index >= 15 is 0 Å². The Morgan fingerprint density at radius 3 is 2.44 bits per heavy atom. The second-order valence-corrected chi connectivity index (χ2v) is 4.85. The fourth-order valence-electron chi connectivity index (χ4n) is 1.69. The monoisotopic (exact) mass is 287 g/mol. The van der Waals surface area contributed by atoms with E-state index in [1.807, 2.05) is 12.2 Å². The molecule has 0 bridgehead atoms. The molecule has 1 rings (SSSR count). The molecule has 16 heavy (non-hydrogen) atoms. The zero-order valence-corrected chi connectivity index (χ0v) is 10.4. The molecule has 4 nitrogen and oxygen atoms in total. The lowest BCUT2D eigenvalue weighted by Crippen LogP contribution is -2.39. The minimum Gasteiger partial charge on any atom is -0.481 e. The van der Waals surface area contributed by atoms with E-state index in [0.717, 1.165) is 0 Å². The molecule has 1 aliphatic carbocycles. The van der Waals surface area contributed by atoms with Gasteiger partial charge >= 0.3 is 5.97 Å². The van der Waals surface area contributed by atoms with E-state index in [1.54, 1.807) is 0 Å². The summed E-state index contributed by atoms with van der Waals surface area (Å²) in [5.74, 6) is -2.23. The van der Waals surface area contributed by atoms with E-state index in [4.69, 9.17) is 5.11 Å². The Morgan fingerprint density at radius 1 is 1.38 bits per heavy atom. The Kier molecular flexibility index (Phi) is 4.73. The molecule has 1 amide bonds. The van der Waals surface area contributed by atoms with E-state index in [2.05, 4.69) is 27.8 Å². The van der Waals surface area contributed by atoms with Crippen LogP contribution >= 0.6 is 15.9 Å². The van der Waals surface area contributed by atoms with E-state index in [9.17, 15) is 9.59 Å². The quantitative estimate of drug-likeness (QED) is 0.773. The molecule has 5 heteroatoms. The van der Waals surface area contributed by atoms with Crippen molar-refractivity contribution in [1.29, 1.82) is 0 Å². The summed E-state index contributed by atoms with van der Waals surface area (Å²) < 4.78 is 0.666. The molecule has 0 fully saturated rings. The van der Waals surface area contributed by atoms with Crippen molar-refractivity contribution in [3.8, 4) is 0 Å². The fourth-order valence-corrected chi connectivity index (χ4v) is 1.83. The number of carbonyl (C=O) groups excluding carboxylic acids is 1. The number of halogens is 1. The van der Waals surface area contributed by atoms with Crippen LogP contribution in [0.2, 0.25) is 0 Å². The first kappa shape index (κ1) is 13.0. The Balaban J connectivity index is 2.62. The van der Waals surface area contributed by atoms with Gasteiger partial charge in [0.2, 0.25) is 5.91 Å². The molecule has 0 spiro atoms. The number of aliphatic carboxylic acids is 1. The molecule has 0 aromatic carbocycles. The van der Waals surface area contributed by atoms with Crippen LogP contribution in [0.1, 0.15) is 12.8 Å². The van der Waals surface area contributed by atoms with Gasteiger partial charge in [0, 0.05) is 11.0 Å². The molecule has 2 N–H and O–H groups in total. The molecule has 0 aromatic heterocycles. The van der Waals surface area contributed by atoms with Crippen LogP contribution in [0.3, 0.4) is 0 Å². The second-order valence-electron chi connectivity index (χ2n) is 3.73. The van der Waals surface area contributed by atoms with Gasteiger partial charge in [0.25, 0.3) is 0 Å². The van der Waals surface area contributed by atoms with Crippen molar-refractivity contribution < 1.29 is 14.7 Å². The van der Waals surface area contributed by atoms with Crippen LogP contribution in [0.5, 0.6) is 0 Å². The lowest BCUT2D eigenvalue weighted by atomic mass is 9.82. The molecule has 0 aromatic rings. The lowest BCUT2D eigenvalue weighted by molar-refractivity contribution is -0.147. The Hall–Kier alpha value is -1.10. The number of carboxylic acids is 1. The van der Waals surface area contributed by atoms with Crippen molar-refractivity contribution in [2.75, 3.05) is 6.54 Å². The number of amides is 1. The van der Waals surface area contributed by atoms with Gasteiger partial charge in [-0.1, -0.05) is 34.7 Å².